The molecule has 1 aliphatic carbocycles. The van der Waals surface area contributed by atoms with Gasteiger partial charge in [-0.2, -0.15) is 5.10 Å². The minimum absolute atomic E-state index is 0.316. The molecule has 7 nitrogen and oxygen atoms in total. The van der Waals surface area contributed by atoms with E-state index < -0.39 is 0 Å². The monoisotopic (exact) mass is 398 g/mol. The van der Waals surface area contributed by atoms with Crippen molar-refractivity contribution in [3.05, 3.63) is 41.3 Å². The average Bonchev–Trinajstić information content (AvgIpc) is 3.05. The van der Waals surface area contributed by atoms with Crippen molar-refractivity contribution in [3.63, 3.8) is 0 Å². The molecule has 2 heterocycles. The van der Waals surface area contributed by atoms with Crippen molar-refractivity contribution in [3.8, 4) is 5.88 Å². The number of nitrogens with zero attached hydrogens (tertiary/aromatic N) is 4. The Kier molecular flexibility index (Phi) is 7.90. The smallest absolute Gasteiger partial charge is 0.213 e. The molecule has 1 fully saturated rings. The molecule has 0 bridgehead atoms. The zero-order valence-electron chi connectivity index (χ0n) is 17.9. The van der Waals surface area contributed by atoms with E-state index in [1.54, 1.807) is 7.05 Å². The minimum Gasteiger partial charge on any atom is -0.474 e. The van der Waals surface area contributed by atoms with Crippen LogP contribution in [0.1, 0.15) is 55.5 Å². The molecule has 2 aromatic heterocycles. The highest BCUT2D eigenvalue weighted by Crippen LogP contribution is 2.22. The van der Waals surface area contributed by atoms with Gasteiger partial charge in [0.05, 0.1) is 5.69 Å². The van der Waals surface area contributed by atoms with Gasteiger partial charge >= 0.3 is 0 Å². The molecule has 1 saturated carbocycles. The summed E-state index contributed by atoms with van der Waals surface area (Å²) in [6.45, 7) is 6.54. The van der Waals surface area contributed by atoms with Crippen LogP contribution in [0.4, 0.5) is 0 Å². The van der Waals surface area contributed by atoms with Crippen LogP contribution >= 0.6 is 0 Å². The number of rotatable bonds is 8. The molecule has 0 aromatic carbocycles. The van der Waals surface area contributed by atoms with Crippen molar-refractivity contribution >= 4 is 5.96 Å². The van der Waals surface area contributed by atoms with Crippen LogP contribution in [-0.4, -0.2) is 40.4 Å². The molecule has 3 rings (SSSR count). The van der Waals surface area contributed by atoms with Gasteiger partial charge in [-0.3, -0.25) is 9.67 Å². The molecule has 7 heteroatoms. The summed E-state index contributed by atoms with van der Waals surface area (Å²) in [6, 6.07) is 6.14. The lowest BCUT2D eigenvalue weighted by atomic mass is 9.98. The van der Waals surface area contributed by atoms with E-state index in [4.69, 9.17) is 4.74 Å². The number of aliphatic imine (C=N–C) groups is 1. The van der Waals surface area contributed by atoms with Crippen molar-refractivity contribution in [1.29, 1.82) is 0 Å². The molecule has 0 radical (unpaired) electrons. The number of hydrogen-bond acceptors (Lipinski definition) is 4. The SMILES string of the molecule is CN=C(NCCCn1nc(C)cc1C)NCc1ccnc(OC2CCCCC2)c1. The molecule has 29 heavy (non-hydrogen) atoms. The lowest BCUT2D eigenvalue weighted by Gasteiger charge is -2.22. The Morgan fingerprint density at radius 2 is 2.03 bits per heavy atom. The highest BCUT2D eigenvalue weighted by molar-refractivity contribution is 5.79. The number of nitrogens with one attached hydrogen (secondary N) is 2. The largest absolute Gasteiger partial charge is 0.474 e. The normalized spacial score (nSPS) is 15.3. The summed E-state index contributed by atoms with van der Waals surface area (Å²) in [5.74, 6) is 1.52. The van der Waals surface area contributed by atoms with Gasteiger partial charge in [0.25, 0.3) is 0 Å². The Balaban J connectivity index is 1.40. The van der Waals surface area contributed by atoms with Gasteiger partial charge in [0, 0.05) is 44.6 Å². The first-order valence-electron chi connectivity index (χ1n) is 10.7. The summed E-state index contributed by atoms with van der Waals surface area (Å²) >= 11 is 0. The van der Waals surface area contributed by atoms with Crippen LogP contribution in [-0.2, 0) is 13.1 Å². The highest BCUT2D eigenvalue weighted by Gasteiger charge is 2.15. The highest BCUT2D eigenvalue weighted by atomic mass is 16.5. The second-order valence-electron chi connectivity index (χ2n) is 7.74. The molecule has 0 atom stereocenters. The van der Waals surface area contributed by atoms with Gasteiger partial charge in [-0.05, 0) is 63.6 Å². The van der Waals surface area contributed by atoms with Crippen LogP contribution in [0.2, 0.25) is 0 Å². The third-order valence-electron chi connectivity index (χ3n) is 5.26. The summed E-state index contributed by atoms with van der Waals surface area (Å²) in [5.41, 5.74) is 3.41. The van der Waals surface area contributed by atoms with Crippen LogP contribution in [0.5, 0.6) is 5.88 Å². The fraction of sp³-hybridized carbons (Fsp3) is 0.591. The maximum Gasteiger partial charge on any atom is 0.213 e. The standard InChI is InChI=1S/C22H34N6O/c1-17-14-18(2)28(27-17)13-7-11-25-22(23-3)26-16-19-10-12-24-21(15-19)29-20-8-5-4-6-9-20/h10,12,14-15,20H,4-9,11,13,16H2,1-3H3,(H2,23,25,26). The minimum atomic E-state index is 0.316. The molecule has 2 N–H and O–H groups in total. The first-order chi connectivity index (χ1) is 14.1. The van der Waals surface area contributed by atoms with Crippen molar-refractivity contribution in [2.45, 2.75) is 71.6 Å². The van der Waals surface area contributed by atoms with Gasteiger partial charge in [-0.15, -0.1) is 0 Å². The first-order valence-corrected chi connectivity index (χ1v) is 10.7. The second kappa shape index (κ2) is 10.8. The summed E-state index contributed by atoms with van der Waals surface area (Å²) in [6.07, 6.45) is 9.23. The summed E-state index contributed by atoms with van der Waals surface area (Å²) in [5, 5.41) is 11.2. The topological polar surface area (TPSA) is 76.4 Å². The maximum atomic E-state index is 6.07. The summed E-state index contributed by atoms with van der Waals surface area (Å²) in [4.78, 5) is 8.69. The predicted octanol–water partition coefficient (Wildman–Crippen LogP) is 3.36. The number of pyridine rings is 1. The Morgan fingerprint density at radius 1 is 1.21 bits per heavy atom. The number of aryl methyl sites for hydroxylation is 3. The zero-order valence-corrected chi connectivity index (χ0v) is 17.9. The number of ether oxygens (including phenoxy) is 1. The Labute approximate surface area is 174 Å². The fourth-order valence-electron chi connectivity index (χ4n) is 3.72. The van der Waals surface area contributed by atoms with Crippen molar-refractivity contribution in [1.82, 2.24) is 25.4 Å². The molecule has 0 saturated heterocycles. The molecular formula is C22H34N6O. The second-order valence-corrected chi connectivity index (χ2v) is 7.74. The van der Waals surface area contributed by atoms with E-state index >= 15 is 0 Å². The Hall–Kier alpha value is -2.57. The zero-order chi connectivity index (χ0) is 20.5. The van der Waals surface area contributed by atoms with Crippen LogP contribution in [0.25, 0.3) is 0 Å². The van der Waals surface area contributed by atoms with E-state index in [1.165, 1.54) is 25.0 Å². The molecule has 0 aliphatic heterocycles. The van der Waals surface area contributed by atoms with E-state index in [9.17, 15) is 0 Å². The van der Waals surface area contributed by atoms with Gasteiger partial charge in [-0.25, -0.2) is 4.98 Å². The van der Waals surface area contributed by atoms with Gasteiger partial charge < -0.3 is 15.4 Å². The number of guanidine groups is 1. The van der Waals surface area contributed by atoms with E-state index in [0.717, 1.165) is 55.4 Å². The Morgan fingerprint density at radius 3 is 2.76 bits per heavy atom. The molecule has 2 aromatic rings. The van der Waals surface area contributed by atoms with E-state index in [1.807, 2.05) is 25.3 Å². The third kappa shape index (κ3) is 6.76. The molecule has 0 amide bonds. The molecule has 0 spiro atoms. The Bertz CT molecular complexity index is 794. The van der Waals surface area contributed by atoms with Gasteiger partial charge in [-0.1, -0.05) is 6.42 Å². The number of hydrogen-bond donors (Lipinski definition) is 2. The quantitative estimate of drug-likeness (QED) is 0.405. The maximum absolute atomic E-state index is 6.07. The van der Waals surface area contributed by atoms with Gasteiger partial charge in [0.2, 0.25) is 5.88 Å². The van der Waals surface area contributed by atoms with E-state index in [2.05, 4.69) is 43.4 Å². The van der Waals surface area contributed by atoms with E-state index in [0.29, 0.717) is 12.6 Å². The first kappa shape index (κ1) is 21.1. The third-order valence-corrected chi connectivity index (χ3v) is 5.26. The van der Waals surface area contributed by atoms with Gasteiger partial charge in [0.1, 0.15) is 6.10 Å². The molecule has 0 unspecified atom stereocenters. The van der Waals surface area contributed by atoms with Crippen LogP contribution in [0, 0.1) is 13.8 Å². The summed E-state index contributed by atoms with van der Waals surface area (Å²) < 4.78 is 8.12. The molecule has 158 valence electrons. The van der Waals surface area contributed by atoms with Crippen molar-refractivity contribution < 1.29 is 4.74 Å². The summed E-state index contributed by atoms with van der Waals surface area (Å²) in [7, 11) is 1.79. The predicted molar refractivity (Wildman–Crippen MR) is 116 cm³/mol. The van der Waals surface area contributed by atoms with Crippen LogP contribution in [0.15, 0.2) is 29.4 Å². The van der Waals surface area contributed by atoms with Crippen LogP contribution in [0.3, 0.4) is 0 Å². The average molecular weight is 399 g/mol. The lowest BCUT2D eigenvalue weighted by Crippen LogP contribution is -2.37. The van der Waals surface area contributed by atoms with Crippen molar-refractivity contribution in [2.75, 3.05) is 13.6 Å². The van der Waals surface area contributed by atoms with Crippen LogP contribution < -0.4 is 15.4 Å². The lowest BCUT2D eigenvalue weighted by molar-refractivity contribution is 0.148. The van der Waals surface area contributed by atoms with E-state index in [-0.39, 0.29) is 0 Å². The van der Waals surface area contributed by atoms with Crippen molar-refractivity contribution in [2.24, 2.45) is 4.99 Å². The van der Waals surface area contributed by atoms with Gasteiger partial charge in [0.15, 0.2) is 5.96 Å². The molecule has 1 aliphatic rings. The fourth-order valence-corrected chi connectivity index (χ4v) is 3.72. The molecular weight excluding hydrogens is 364 g/mol. The number of aromatic nitrogens is 3.